The Morgan fingerprint density at radius 3 is 2.80 bits per heavy atom. The Morgan fingerprint density at radius 1 is 1.17 bits per heavy atom. The fourth-order valence-electron chi connectivity index (χ4n) is 3.83. The predicted molar refractivity (Wildman–Crippen MR) is 118 cm³/mol. The van der Waals surface area contributed by atoms with Crippen LogP contribution in [-0.4, -0.2) is 52.5 Å². The van der Waals surface area contributed by atoms with Crippen molar-refractivity contribution in [1.82, 2.24) is 13.8 Å². The van der Waals surface area contributed by atoms with Gasteiger partial charge in [-0.2, -0.15) is 4.37 Å². The summed E-state index contributed by atoms with van der Waals surface area (Å²) in [5, 5.41) is 4.09. The second-order valence-electron chi connectivity index (χ2n) is 7.42. The minimum absolute atomic E-state index is 0.0832. The van der Waals surface area contributed by atoms with Crippen LogP contribution < -0.4 is 16.0 Å². The summed E-state index contributed by atoms with van der Waals surface area (Å²) in [7, 11) is 1.65. The van der Waals surface area contributed by atoms with Gasteiger partial charge in [-0.1, -0.05) is 12.1 Å². The molecular weight excluding hydrogens is 402 g/mol. The van der Waals surface area contributed by atoms with Gasteiger partial charge in [0.05, 0.1) is 16.8 Å². The minimum atomic E-state index is -0.417. The largest absolute Gasteiger partial charge is 0.419 e. The lowest BCUT2D eigenvalue weighted by atomic mass is 10.2. The molecule has 0 radical (unpaired) electrons. The van der Waals surface area contributed by atoms with Crippen molar-refractivity contribution in [2.45, 2.75) is 0 Å². The Kier molecular flexibility index (Phi) is 4.76. The molecule has 0 spiro atoms. The predicted octanol–water partition coefficient (Wildman–Crippen LogP) is 2.50. The van der Waals surface area contributed by atoms with E-state index in [2.05, 4.69) is 31.6 Å². The second kappa shape index (κ2) is 7.58. The number of aromatic nitrogens is 2. The van der Waals surface area contributed by atoms with Crippen molar-refractivity contribution in [3.05, 3.63) is 53.0 Å². The van der Waals surface area contributed by atoms with Crippen molar-refractivity contribution in [3.8, 4) is 0 Å². The van der Waals surface area contributed by atoms with Crippen molar-refractivity contribution in [2.24, 2.45) is 7.05 Å². The summed E-state index contributed by atoms with van der Waals surface area (Å²) in [6, 6.07) is 13.5. The van der Waals surface area contributed by atoms with E-state index in [0.717, 1.165) is 32.0 Å². The number of nitrogens with zero attached hydrogens (tertiary/aromatic N) is 4. The molecular formula is C21H21N5O3S. The van der Waals surface area contributed by atoms with Gasteiger partial charge in [0.25, 0.3) is 0 Å². The zero-order chi connectivity index (χ0) is 20.7. The van der Waals surface area contributed by atoms with Gasteiger partial charge in [0.15, 0.2) is 5.58 Å². The minimum Gasteiger partial charge on any atom is -0.408 e. The number of rotatable bonds is 4. The van der Waals surface area contributed by atoms with Gasteiger partial charge in [-0.05, 0) is 35.8 Å². The first-order valence-corrected chi connectivity index (χ1v) is 10.6. The lowest BCUT2D eigenvalue weighted by Gasteiger charge is -2.34. The van der Waals surface area contributed by atoms with Gasteiger partial charge < -0.3 is 14.6 Å². The number of carbonyl (C=O) groups excluding carboxylic acids is 1. The maximum absolute atomic E-state index is 12.5. The highest BCUT2D eigenvalue weighted by molar-refractivity contribution is 7.13. The van der Waals surface area contributed by atoms with Crippen molar-refractivity contribution < 1.29 is 9.21 Å². The molecule has 30 heavy (non-hydrogen) atoms. The Bertz CT molecular complexity index is 1280. The number of anilines is 2. The fraction of sp³-hybridized carbons (Fsp3) is 0.286. The maximum atomic E-state index is 12.5. The number of hydrogen-bond acceptors (Lipinski definition) is 7. The molecule has 0 aliphatic carbocycles. The third kappa shape index (κ3) is 3.46. The van der Waals surface area contributed by atoms with E-state index < -0.39 is 5.76 Å². The fourth-order valence-corrected chi connectivity index (χ4v) is 4.63. The van der Waals surface area contributed by atoms with Crippen LogP contribution in [0, 0.1) is 0 Å². The molecule has 5 rings (SSSR count). The highest BCUT2D eigenvalue weighted by atomic mass is 32.1. The van der Waals surface area contributed by atoms with Gasteiger partial charge in [0.1, 0.15) is 5.82 Å². The summed E-state index contributed by atoms with van der Waals surface area (Å²) in [5.74, 6) is 0.539. The standard InChI is InChI=1S/C21H21N5O3S/c1-24-16-7-6-14(12-17(16)29-21(24)28)22-19(27)13-25-8-10-26(11-9-25)20-15-4-2-3-5-18(15)30-23-20/h2-7,12H,8-11,13H2,1H3,(H,22,27). The Hall–Kier alpha value is -3.17. The Labute approximate surface area is 176 Å². The molecule has 0 unspecified atom stereocenters. The number of piperazine rings is 1. The van der Waals surface area contributed by atoms with Gasteiger partial charge in [-0.3, -0.25) is 14.3 Å². The number of fused-ring (bicyclic) bond motifs is 2. The summed E-state index contributed by atoms with van der Waals surface area (Å²) < 4.78 is 12.4. The molecule has 1 aliphatic rings. The average Bonchev–Trinajstić information content (AvgIpc) is 3.29. The third-order valence-electron chi connectivity index (χ3n) is 5.47. The van der Waals surface area contributed by atoms with E-state index in [4.69, 9.17) is 4.42 Å². The van der Waals surface area contributed by atoms with Crippen LogP contribution in [0.3, 0.4) is 0 Å². The van der Waals surface area contributed by atoms with E-state index in [-0.39, 0.29) is 5.91 Å². The molecule has 0 bridgehead atoms. The third-order valence-corrected chi connectivity index (χ3v) is 6.29. The summed E-state index contributed by atoms with van der Waals surface area (Å²) in [6.45, 7) is 3.59. The van der Waals surface area contributed by atoms with Gasteiger partial charge in [0, 0.05) is 50.4 Å². The molecule has 1 amide bonds. The molecule has 4 aromatic rings. The number of carbonyl (C=O) groups is 1. The van der Waals surface area contributed by atoms with E-state index in [0.29, 0.717) is 23.3 Å². The van der Waals surface area contributed by atoms with Crippen LogP contribution in [0.2, 0.25) is 0 Å². The summed E-state index contributed by atoms with van der Waals surface area (Å²) in [4.78, 5) is 28.5. The van der Waals surface area contributed by atoms with Gasteiger partial charge in [0.2, 0.25) is 5.91 Å². The lowest BCUT2D eigenvalue weighted by Crippen LogP contribution is -2.48. The normalized spacial score (nSPS) is 15.2. The van der Waals surface area contributed by atoms with E-state index in [1.807, 2.05) is 12.1 Å². The molecule has 0 saturated carbocycles. The van der Waals surface area contributed by atoms with Crippen molar-refractivity contribution in [3.63, 3.8) is 0 Å². The lowest BCUT2D eigenvalue weighted by molar-refractivity contribution is -0.117. The summed E-state index contributed by atoms with van der Waals surface area (Å²) in [6.07, 6.45) is 0. The van der Waals surface area contributed by atoms with Crippen LogP contribution in [0.5, 0.6) is 0 Å². The van der Waals surface area contributed by atoms with E-state index in [9.17, 15) is 9.59 Å². The molecule has 1 saturated heterocycles. The molecule has 1 aliphatic heterocycles. The number of nitrogens with one attached hydrogen (secondary N) is 1. The zero-order valence-electron chi connectivity index (χ0n) is 16.5. The van der Waals surface area contributed by atoms with Crippen LogP contribution >= 0.6 is 11.5 Å². The first-order chi connectivity index (χ1) is 14.6. The molecule has 154 valence electrons. The topological polar surface area (TPSA) is 83.6 Å². The van der Waals surface area contributed by atoms with Crippen molar-refractivity contribution in [2.75, 3.05) is 42.9 Å². The highest BCUT2D eigenvalue weighted by Crippen LogP contribution is 2.29. The van der Waals surface area contributed by atoms with Crippen LogP contribution in [-0.2, 0) is 11.8 Å². The van der Waals surface area contributed by atoms with Gasteiger partial charge >= 0.3 is 5.76 Å². The van der Waals surface area contributed by atoms with Crippen LogP contribution in [0.4, 0.5) is 11.5 Å². The number of oxazole rings is 1. The number of hydrogen-bond donors (Lipinski definition) is 1. The van der Waals surface area contributed by atoms with Crippen LogP contribution in [0.1, 0.15) is 0 Å². The van der Waals surface area contributed by atoms with Crippen molar-refractivity contribution >= 4 is 50.1 Å². The molecule has 1 fully saturated rings. The highest BCUT2D eigenvalue weighted by Gasteiger charge is 2.22. The number of amides is 1. The maximum Gasteiger partial charge on any atom is 0.419 e. The smallest absolute Gasteiger partial charge is 0.408 e. The summed E-state index contributed by atoms with van der Waals surface area (Å²) >= 11 is 1.53. The van der Waals surface area contributed by atoms with Crippen LogP contribution in [0.25, 0.3) is 21.2 Å². The van der Waals surface area contributed by atoms with Crippen LogP contribution in [0.15, 0.2) is 51.7 Å². The van der Waals surface area contributed by atoms with E-state index in [1.54, 1.807) is 25.2 Å². The van der Waals surface area contributed by atoms with Crippen molar-refractivity contribution in [1.29, 1.82) is 0 Å². The first-order valence-electron chi connectivity index (χ1n) is 9.79. The molecule has 3 heterocycles. The second-order valence-corrected chi connectivity index (χ2v) is 8.23. The molecule has 8 nitrogen and oxygen atoms in total. The Morgan fingerprint density at radius 2 is 1.97 bits per heavy atom. The SMILES string of the molecule is Cn1c(=O)oc2cc(NC(=O)CN3CCN(c4nsc5ccccc45)CC3)ccc21. The molecule has 0 atom stereocenters. The molecule has 9 heteroatoms. The van der Waals surface area contributed by atoms with Gasteiger partial charge in [-0.25, -0.2) is 4.79 Å². The number of aryl methyl sites for hydroxylation is 1. The molecule has 2 aromatic carbocycles. The van der Waals surface area contributed by atoms with E-state index in [1.165, 1.54) is 26.2 Å². The average molecular weight is 423 g/mol. The first kappa shape index (κ1) is 18.8. The zero-order valence-corrected chi connectivity index (χ0v) is 17.3. The monoisotopic (exact) mass is 423 g/mol. The van der Waals surface area contributed by atoms with E-state index >= 15 is 0 Å². The molecule has 2 aromatic heterocycles. The summed E-state index contributed by atoms with van der Waals surface area (Å²) in [5.41, 5.74) is 1.78. The molecule has 1 N–H and O–H groups in total. The Balaban J connectivity index is 1.19. The quantitative estimate of drug-likeness (QED) is 0.543. The number of benzene rings is 2. The van der Waals surface area contributed by atoms with Gasteiger partial charge in [-0.15, -0.1) is 0 Å².